The van der Waals surface area contributed by atoms with Crippen LogP contribution >= 0.6 is 38.9 Å². The summed E-state index contributed by atoms with van der Waals surface area (Å²) in [6, 6.07) is 6.15. The third-order valence-electron chi connectivity index (χ3n) is 1.84. The molecule has 2 rings (SSSR count). The molecule has 0 aliphatic heterocycles. The summed E-state index contributed by atoms with van der Waals surface area (Å²) in [5, 5.41) is 1.24. The smallest absolute Gasteiger partial charge is 0.0970 e. The monoisotopic (exact) mass is 260 g/mol. The summed E-state index contributed by atoms with van der Waals surface area (Å²) in [7, 11) is 0. The number of benzene rings is 1. The van der Waals surface area contributed by atoms with Crippen LogP contribution in [0.15, 0.2) is 22.7 Å². The molecule has 0 N–H and O–H groups in total. The normalized spacial score (nSPS) is 10.9. The van der Waals surface area contributed by atoms with Crippen molar-refractivity contribution in [2.45, 2.75) is 6.92 Å². The van der Waals surface area contributed by atoms with Gasteiger partial charge >= 0.3 is 0 Å². The van der Waals surface area contributed by atoms with E-state index >= 15 is 0 Å². The molecule has 0 saturated carbocycles. The summed E-state index contributed by atoms with van der Waals surface area (Å²) in [6.45, 7) is 2.05. The number of rotatable bonds is 0. The predicted octanol–water partition coefficient (Wildman–Crippen LogP) is 4.63. The Morgan fingerprint density at radius 3 is 2.83 bits per heavy atom. The van der Waals surface area contributed by atoms with Crippen LogP contribution in [0.5, 0.6) is 0 Å². The quantitative estimate of drug-likeness (QED) is 0.649. The Hall–Kier alpha value is -0.0500. The molecule has 0 fully saturated rings. The lowest BCUT2D eigenvalue weighted by Gasteiger charge is -1.93. The predicted molar refractivity (Wildman–Crippen MR) is 59.3 cm³/mol. The number of hydrogen-bond acceptors (Lipinski definition) is 1. The summed E-state index contributed by atoms with van der Waals surface area (Å²) in [5.74, 6) is 0. The maximum atomic E-state index is 6.02. The van der Waals surface area contributed by atoms with Crippen molar-refractivity contribution >= 4 is 49.0 Å². The van der Waals surface area contributed by atoms with E-state index in [2.05, 4.69) is 22.0 Å². The molecule has 1 heterocycles. The summed E-state index contributed by atoms with van der Waals surface area (Å²) in [6.07, 6.45) is 0. The van der Waals surface area contributed by atoms with E-state index in [0.717, 1.165) is 8.81 Å². The van der Waals surface area contributed by atoms with Crippen molar-refractivity contribution in [2.24, 2.45) is 0 Å². The molecule has 0 amide bonds. The van der Waals surface area contributed by atoms with Gasteiger partial charge in [-0.1, -0.05) is 33.6 Å². The second-order valence-corrected chi connectivity index (χ2v) is 5.12. The average molecular weight is 262 g/mol. The Balaban J connectivity index is 2.97. The lowest BCUT2D eigenvalue weighted by molar-refractivity contribution is 1.58. The molecule has 0 radical (unpaired) electrons. The molecular weight excluding hydrogens is 256 g/mol. The van der Waals surface area contributed by atoms with Gasteiger partial charge in [0.25, 0.3) is 0 Å². The Bertz CT molecular complexity index is 433. The van der Waals surface area contributed by atoms with Crippen LogP contribution in [0.25, 0.3) is 10.1 Å². The molecule has 62 valence electrons. The highest BCUT2D eigenvalue weighted by molar-refractivity contribution is 9.10. The highest BCUT2D eigenvalue weighted by atomic mass is 79.9. The molecule has 0 nitrogen and oxygen atoms in total. The molecule has 0 unspecified atom stereocenters. The molecule has 0 saturated heterocycles. The van der Waals surface area contributed by atoms with Gasteiger partial charge in [-0.05, 0) is 24.6 Å². The topological polar surface area (TPSA) is 0 Å². The SMILES string of the molecule is Cc1c(Cl)sc2cccc(Br)c12. The van der Waals surface area contributed by atoms with Crippen molar-refractivity contribution in [1.82, 2.24) is 0 Å². The van der Waals surface area contributed by atoms with E-state index in [1.54, 1.807) is 11.3 Å². The van der Waals surface area contributed by atoms with Crippen LogP contribution in [-0.4, -0.2) is 0 Å². The summed E-state index contributed by atoms with van der Waals surface area (Å²) in [4.78, 5) is 0. The van der Waals surface area contributed by atoms with Gasteiger partial charge in [0.15, 0.2) is 0 Å². The molecule has 2 aromatic rings. The molecule has 0 bridgehead atoms. The number of halogens is 2. The largest absolute Gasteiger partial charge is 0.123 e. The highest BCUT2D eigenvalue weighted by Crippen LogP contribution is 2.38. The average Bonchev–Trinajstić information content (AvgIpc) is 2.29. The second kappa shape index (κ2) is 3.02. The first kappa shape index (κ1) is 8.54. The zero-order valence-electron chi connectivity index (χ0n) is 6.40. The minimum atomic E-state index is 0.886. The Kier molecular flexibility index (Phi) is 2.15. The first-order chi connectivity index (χ1) is 5.70. The fraction of sp³-hybridized carbons (Fsp3) is 0.111. The number of fused-ring (bicyclic) bond motifs is 1. The Labute approximate surface area is 88.3 Å². The van der Waals surface area contributed by atoms with Gasteiger partial charge in [0.05, 0.1) is 4.34 Å². The van der Waals surface area contributed by atoms with E-state index in [-0.39, 0.29) is 0 Å². The zero-order chi connectivity index (χ0) is 8.72. The number of hydrogen-bond donors (Lipinski definition) is 0. The molecule has 12 heavy (non-hydrogen) atoms. The van der Waals surface area contributed by atoms with Crippen LogP contribution in [0, 0.1) is 6.92 Å². The number of thiophene rings is 1. The van der Waals surface area contributed by atoms with Gasteiger partial charge in [-0.2, -0.15) is 0 Å². The van der Waals surface area contributed by atoms with E-state index in [1.165, 1.54) is 15.6 Å². The minimum absolute atomic E-state index is 0.886. The van der Waals surface area contributed by atoms with Crippen molar-refractivity contribution in [2.75, 3.05) is 0 Å². The van der Waals surface area contributed by atoms with Gasteiger partial charge in [0.2, 0.25) is 0 Å². The van der Waals surface area contributed by atoms with Gasteiger partial charge < -0.3 is 0 Å². The summed E-state index contributed by atoms with van der Waals surface area (Å²) < 4.78 is 3.25. The van der Waals surface area contributed by atoms with Gasteiger partial charge in [-0.15, -0.1) is 11.3 Å². The van der Waals surface area contributed by atoms with E-state index in [0.29, 0.717) is 0 Å². The zero-order valence-corrected chi connectivity index (χ0v) is 9.55. The van der Waals surface area contributed by atoms with Crippen molar-refractivity contribution in [3.63, 3.8) is 0 Å². The standard InChI is InChI=1S/C9H6BrClS/c1-5-8-6(10)3-2-4-7(8)12-9(5)11/h2-4H,1H3. The van der Waals surface area contributed by atoms with E-state index in [1.807, 2.05) is 19.1 Å². The van der Waals surface area contributed by atoms with Crippen molar-refractivity contribution < 1.29 is 0 Å². The third kappa shape index (κ3) is 1.18. The van der Waals surface area contributed by atoms with Crippen LogP contribution < -0.4 is 0 Å². The molecule has 0 aliphatic rings. The van der Waals surface area contributed by atoms with Gasteiger partial charge in [-0.25, -0.2) is 0 Å². The third-order valence-corrected chi connectivity index (χ3v) is 4.07. The highest BCUT2D eigenvalue weighted by Gasteiger charge is 2.07. The molecule has 3 heteroatoms. The summed E-state index contributed by atoms with van der Waals surface area (Å²) in [5.41, 5.74) is 1.17. The van der Waals surface area contributed by atoms with Crippen LogP contribution in [0.1, 0.15) is 5.56 Å². The van der Waals surface area contributed by atoms with E-state index < -0.39 is 0 Å². The lowest BCUT2D eigenvalue weighted by atomic mass is 10.2. The van der Waals surface area contributed by atoms with Gasteiger partial charge in [0, 0.05) is 14.6 Å². The fourth-order valence-electron chi connectivity index (χ4n) is 1.22. The fourth-order valence-corrected chi connectivity index (χ4v) is 3.32. The minimum Gasteiger partial charge on any atom is -0.123 e. The van der Waals surface area contributed by atoms with E-state index in [9.17, 15) is 0 Å². The molecule has 0 aliphatic carbocycles. The Morgan fingerprint density at radius 1 is 1.42 bits per heavy atom. The molecule has 1 aromatic heterocycles. The van der Waals surface area contributed by atoms with E-state index in [4.69, 9.17) is 11.6 Å². The second-order valence-electron chi connectivity index (χ2n) is 2.61. The van der Waals surface area contributed by atoms with Crippen LogP contribution in [0.2, 0.25) is 4.34 Å². The van der Waals surface area contributed by atoms with Gasteiger partial charge in [0.1, 0.15) is 0 Å². The van der Waals surface area contributed by atoms with Crippen molar-refractivity contribution in [1.29, 1.82) is 0 Å². The molecular formula is C9H6BrClS. The molecule has 1 aromatic carbocycles. The maximum absolute atomic E-state index is 6.02. The Morgan fingerprint density at radius 2 is 2.17 bits per heavy atom. The first-order valence-electron chi connectivity index (χ1n) is 3.53. The first-order valence-corrected chi connectivity index (χ1v) is 5.52. The van der Waals surface area contributed by atoms with Crippen molar-refractivity contribution in [3.8, 4) is 0 Å². The molecule has 0 atom stereocenters. The van der Waals surface area contributed by atoms with Crippen LogP contribution in [0.3, 0.4) is 0 Å². The number of aryl methyl sites for hydroxylation is 1. The lowest BCUT2D eigenvalue weighted by Crippen LogP contribution is -1.70. The maximum Gasteiger partial charge on any atom is 0.0970 e. The van der Waals surface area contributed by atoms with Crippen LogP contribution in [-0.2, 0) is 0 Å². The molecule has 0 spiro atoms. The van der Waals surface area contributed by atoms with Crippen molar-refractivity contribution in [3.05, 3.63) is 32.6 Å². The van der Waals surface area contributed by atoms with Crippen LogP contribution in [0.4, 0.5) is 0 Å². The van der Waals surface area contributed by atoms with Gasteiger partial charge in [-0.3, -0.25) is 0 Å². The summed E-state index contributed by atoms with van der Waals surface area (Å²) >= 11 is 11.2.